The van der Waals surface area contributed by atoms with E-state index in [-0.39, 0.29) is 5.41 Å². The minimum absolute atomic E-state index is 0.0811. The van der Waals surface area contributed by atoms with Crippen LogP contribution in [0, 0.1) is 0 Å². The van der Waals surface area contributed by atoms with Gasteiger partial charge in [-0.1, -0.05) is 153 Å². The summed E-state index contributed by atoms with van der Waals surface area (Å²) in [7, 11) is 0. The summed E-state index contributed by atoms with van der Waals surface area (Å²) in [6, 6.07) is 63.8. The smallest absolute Gasteiger partial charge is 0.0540 e. The number of rotatable bonds is 6. The van der Waals surface area contributed by atoms with E-state index >= 15 is 0 Å². The molecule has 7 aromatic carbocycles. The molecule has 0 aliphatic heterocycles. The molecule has 1 aliphatic rings. The second kappa shape index (κ2) is 11.4. The molecule has 46 heavy (non-hydrogen) atoms. The van der Waals surface area contributed by atoms with E-state index in [2.05, 4.69) is 195 Å². The predicted octanol–water partition coefficient (Wildman–Crippen LogP) is 12.5. The largest absolute Gasteiger partial charge is 0.310 e. The average molecular weight is 590 g/mol. The van der Waals surface area contributed by atoms with Gasteiger partial charge in [-0.25, -0.2) is 0 Å². The molecule has 0 unspecified atom stereocenters. The Bertz CT molecular complexity index is 2160. The van der Waals surface area contributed by atoms with Gasteiger partial charge in [0.05, 0.1) is 5.69 Å². The van der Waals surface area contributed by atoms with E-state index in [0.717, 1.165) is 17.1 Å². The molecule has 0 aromatic heterocycles. The summed E-state index contributed by atoms with van der Waals surface area (Å²) in [5.74, 6) is 0. The van der Waals surface area contributed by atoms with Crippen molar-refractivity contribution in [2.45, 2.75) is 19.3 Å². The Morgan fingerprint density at radius 3 is 1.61 bits per heavy atom. The van der Waals surface area contributed by atoms with Gasteiger partial charge in [0.2, 0.25) is 0 Å². The molecular formula is C45H35N. The van der Waals surface area contributed by atoms with Crippen molar-refractivity contribution in [1.82, 2.24) is 0 Å². The third-order valence-corrected chi connectivity index (χ3v) is 9.47. The van der Waals surface area contributed by atoms with Gasteiger partial charge in [0.1, 0.15) is 0 Å². The van der Waals surface area contributed by atoms with E-state index in [1.807, 2.05) is 0 Å². The van der Waals surface area contributed by atoms with Crippen molar-refractivity contribution in [2.75, 3.05) is 4.90 Å². The SMILES string of the molecule is CC1(C)c2ccccc2-c2c(-c3cc(-c4ccccc4)ccc3N(c3ccccc3)c3cccc(-c4ccccc4)c3)cccc21. The molecule has 220 valence electrons. The fourth-order valence-electron chi connectivity index (χ4n) is 7.20. The molecule has 7 aromatic rings. The number of nitrogens with zero attached hydrogens (tertiary/aromatic N) is 1. The minimum Gasteiger partial charge on any atom is -0.310 e. The average Bonchev–Trinajstić information content (AvgIpc) is 3.36. The lowest BCUT2D eigenvalue weighted by Crippen LogP contribution is -2.15. The molecule has 1 nitrogen and oxygen atoms in total. The molecule has 0 N–H and O–H groups in total. The third-order valence-electron chi connectivity index (χ3n) is 9.47. The van der Waals surface area contributed by atoms with Gasteiger partial charge in [0.25, 0.3) is 0 Å². The van der Waals surface area contributed by atoms with Crippen LogP contribution in [0.3, 0.4) is 0 Å². The summed E-state index contributed by atoms with van der Waals surface area (Å²) in [5.41, 5.74) is 16.0. The maximum atomic E-state index is 2.42. The lowest BCUT2D eigenvalue weighted by atomic mass is 9.82. The van der Waals surface area contributed by atoms with Crippen molar-refractivity contribution in [1.29, 1.82) is 0 Å². The van der Waals surface area contributed by atoms with Crippen LogP contribution in [0.5, 0.6) is 0 Å². The van der Waals surface area contributed by atoms with Crippen LogP contribution in [-0.2, 0) is 5.41 Å². The molecular weight excluding hydrogens is 555 g/mol. The standard InChI is InChI=1S/C45H35N/c1-45(2)41-26-13-12-24-39(41)44-38(25-15-27-42(44)45)40-31-35(33-18-8-4-9-19-33)28-29-43(40)46(36-21-10-5-11-22-36)37-23-14-20-34(30-37)32-16-6-3-7-17-32/h3-31H,1-2H3. The van der Waals surface area contributed by atoms with Crippen molar-refractivity contribution in [2.24, 2.45) is 0 Å². The minimum atomic E-state index is -0.0811. The zero-order chi connectivity index (χ0) is 31.1. The molecule has 0 saturated heterocycles. The lowest BCUT2D eigenvalue weighted by molar-refractivity contribution is 0.660. The zero-order valence-corrected chi connectivity index (χ0v) is 26.2. The molecule has 0 heterocycles. The number of anilines is 3. The van der Waals surface area contributed by atoms with E-state index in [4.69, 9.17) is 0 Å². The molecule has 1 aliphatic carbocycles. The summed E-state index contributed by atoms with van der Waals surface area (Å²) in [6.07, 6.45) is 0. The highest BCUT2D eigenvalue weighted by Gasteiger charge is 2.37. The van der Waals surface area contributed by atoms with Crippen LogP contribution in [0.4, 0.5) is 17.1 Å². The van der Waals surface area contributed by atoms with Crippen molar-refractivity contribution < 1.29 is 0 Å². The van der Waals surface area contributed by atoms with Crippen LogP contribution in [-0.4, -0.2) is 0 Å². The quantitative estimate of drug-likeness (QED) is 0.186. The number of benzene rings is 7. The van der Waals surface area contributed by atoms with Gasteiger partial charge in [0.15, 0.2) is 0 Å². The predicted molar refractivity (Wildman–Crippen MR) is 195 cm³/mol. The van der Waals surface area contributed by atoms with E-state index < -0.39 is 0 Å². The van der Waals surface area contributed by atoms with Crippen molar-refractivity contribution in [3.05, 3.63) is 187 Å². The lowest BCUT2D eigenvalue weighted by Gasteiger charge is -2.29. The molecule has 1 heteroatoms. The van der Waals surface area contributed by atoms with Gasteiger partial charge in [-0.3, -0.25) is 0 Å². The summed E-state index contributed by atoms with van der Waals surface area (Å²) in [5, 5.41) is 0. The van der Waals surface area contributed by atoms with Gasteiger partial charge >= 0.3 is 0 Å². The molecule has 0 saturated carbocycles. The fourth-order valence-corrected chi connectivity index (χ4v) is 7.20. The van der Waals surface area contributed by atoms with Crippen LogP contribution in [0.15, 0.2) is 176 Å². The second-order valence-corrected chi connectivity index (χ2v) is 12.6. The molecule has 0 spiro atoms. The fraction of sp³-hybridized carbons (Fsp3) is 0.0667. The molecule has 0 bridgehead atoms. The number of hydrogen-bond acceptors (Lipinski definition) is 1. The monoisotopic (exact) mass is 589 g/mol. The summed E-state index contributed by atoms with van der Waals surface area (Å²) in [6.45, 7) is 4.71. The first-order chi connectivity index (χ1) is 22.6. The number of para-hydroxylation sites is 1. The van der Waals surface area contributed by atoms with Crippen molar-refractivity contribution in [3.8, 4) is 44.5 Å². The first kappa shape index (κ1) is 27.9. The highest BCUT2D eigenvalue weighted by molar-refractivity contribution is 5.99. The van der Waals surface area contributed by atoms with E-state index in [9.17, 15) is 0 Å². The van der Waals surface area contributed by atoms with E-state index in [1.165, 1.54) is 55.6 Å². The normalized spacial score (nSPS) is 12.7. The number of fused-ring (bicyclic) bond motifs is 3. The Kier molecular flexibility index (Phi) is 6.88. The summed E-state index contributed by atoms with van der Waals surface area (Å²) >= 11 is 0. The Morgan fingerprint density at radius 2 is 0.891 bits per heavy atom. The maximum Gasteiger partial charge on any atom is 0.0540 e. The van der Waals surface area contributed by atoms with Gasteiger partial charge in [0, 0.05) is 22.4 Å². The summed E-state index contributed by atoms with van der Waals surface area (Å²) < 4.78 is 0. The van der Waals surface area contributed by atoms with Gasteiger partial charge in [-0.15, -0.1) is 0 Å². The van der Waals surface area contributed by atoms with E-state index in [1.54, 1.807) is 0 Å². The van der Waals surface area contributed by atoms with Crippen LogP contribution >= 0.6 is 0 Å². The Hall–Kier alpha value is -5.66. The Balaban J connectivity index is 1.41. The topological polar surface area (TPSA) is 3.24 Å². The molecule has 0 fully saturated rings. The van der Waals surface area contributed by atoms with Crippen molar-refractivity contribution >= 4 is 17.1 Å². The van der Waals surface area contributed by atoms with Crippen LogP contribution in [0.1, 0.15) is 25.0 Å². The third kappa shape index (κ3) is 4.73. The van der Waals surface area contributed by atoms with Gasteiger partial charge in [-0.05, 0) is 86.5 Å². The van der Waals surface area contributed by atoms with E-state index in [0.29, 0.717) is 0 Å². The maximum absolute atomic E-state index is 2.42. The highest BCUT2D eigenvalue weighted by atomic mass is 15.1. The highest BCUT2D eigenvalue weighted by Crippen LogP contribution is 2.54. The van der Waals surface area contributed by atoms with Crippen molar-refractivity contribution in [3.63, 3.8) is 0 Å². The Labute approximate surface area is 272 Å². The van der Waals surface area contributed by atoms with Gasteiger partial charge in [-0.2, -0.15) is 0 Å². The first-order valence-corrected chi connectivity index (χ1v) is 16.0. The molecule has 0 radical (unpaired) electrons. The van der Waals surface area contributed by atoms with Crippen LogP contribution < -0.4 is 4.90 Å². The second-order valence-electron chi connectivity index (χ2n) is 12.6. The number of hydrogen-bond donors (Lipinski definition) is 0. The molecule has 0 atom stereocenters. The van der Waals surface area contributed by atoms with Crippen LogP contribution in [0.25, 0.3) is 44.5 Å². The first-order valence-electron chi connectivity index (χ1n) is 16.0. The Morgan fingerprint density at radius 1 is 0.370 bits per heavy atom. The van der Waals surface area contributed by atoms with Crippen LogP contribution in [0.2, 0.25) is 0 Å². The molecule has 0 amide bonds. The molecule has 8 rings (SSSR count). The summed E-state index contributed by atoms with van der Waals surface area (Å²) in [4.78, 5) is 2.42. The zero-order valence-electron chi connectivity index (χ0n) is 26.2. The van der Waals surface area contributed by atoms with Gasteiger partial charge < -0.3 is 4.90 Å².